The number of benzene rings is 1. The molecule has 2 heteroatoms. The van der Waals surface area contributed by atoms with Crippen LogP contribution in [0.5, 0.6) is 0 Å². The summed E-state index contributed by atoms with van der Waals surface area (Å²) in [5.74, 6) is 2.05. The van der Waals surface area contributed by atoms with Gasteiger partial charge in [-0.15, -0.1) is 0 Å². The number of piperidine rings is 1. The standard InChI is InChI=1S/C17H26N2/c1-2-8-17(9-3-1)18-11-13-19-12-10-15-6-4-5-7-16(15)14-19/h1-3,8-9,15-16,18H,4-7,10-14H2. The molecule has 2 aliphatic rings. The van der Waals surface area contributed by atoms with Crippen molar-refractivity contribution in [3.8, 4) is 0 Å². The predicted molar refractivity (Wildman–Crippen MR) is 81.4 cm³/mol. The second-order valence-electron chi connectivity index (χ2n) is 6.19. The van der Waals surface area contributed by atoms with Crippen molar-refractivity contribution in [2.75, 3.05) is 31.5 Å². The van der Waals surface area contributed by atoms with E-state index in [1.807, 2.05) is 0 Å². The van der Waals surface area contributed by atoms with Crippen molar-refractivity contribution in [1.82, 2.24) is 4.90 Å². The van der Waals surface area contributed by atoms with E-state index in [9.17, 15) is 0 Å². The molecule has 3 rings (SSSR count). The van der Waals surface area contributed by atoms with Crippen molar-refractivity contribution >= 4 is 5.69 Å². The van der Waals surface area contributed by atoms with E-state index in [2.05, 4.69) is 40.5 Å². The van der Waals surface area contributed by atoms with Crippen LogP contribution >= 0.6 is 0 Å². The van der Waals surface area contributed by atoms with Crippen molar-refractivity contribution in [3.63, 3.8) is 0 Å². The molecule has 19 heavy (non-hydrogen) atoms. The average molecular weight is 258 g/mol. The molecule has 1 heterocycles. The summed E-state index contributed by atoms with van der Waals surface area (Å²) in [6, 6.07) is 10.5. The number of hydrogen-bond acceptors (Lipinski definition) is 2. The van der Waals surface area contributed by atoms with Gasteiger partial charge in [-0.3, -0.25) is 0 Å². The zero-order chi connectivity index (χ0) is 12.9. The van der Waals surface area contributed by atoms with Crippen molar-refractivity contribution in [2.24, 2.45) is 11.8 Å². The smallest absolute Gasteiger partial charge is 0.0340 e. The van der Waals surface area contributed by atoms with Crippen molar-refractivity contribution in [3.05, 3.63) is 30.3 Å². The number of para-hydroxylation sites is 1. The number of fused-ring (bicyclic) bond motifs is 1. The van der Waals surface area contributed by atoms with Gasteiger partial charge in [0.05, 0.1) is 0 Å². The van der Waals surface area contributed by atoms with E-state index in [1.165, 1.54) is 57.4 Å². The zero-order valence-corrected chi connectivity index (χ0v) is 11.9. The normalized spacial score (nSPS) is 27.8. The first-order chi connectivity index (χ1) is 9.42. The van der Waals surface area contributed by atoms with Crippen molar-refractivity contribution in [1.29, 1.82) is 0 Å². The Balaban J connectivity index is 1.41. The summed E-state index contributed by atoms with van der Waals surface area (Å²) in [5.41, 5.74) is 1.25. The lowest BCUT2D eigenvalue weighted by atomic mass is 9.75. The lowest BCUT2D eigenvalue weighted by Gasteiger charge is -2.41. The Bertz CT molecular complexity index is 376. The Hall–Kier alpha value is -1.02. The maximum Gasteiger partial charge on any atom is 0.0340 e. The minimum absolute atomic E-state index is 0.999. The number of rotatable bonds is 4. The van der Waals surface area contributed by atoms with Gasteiger partial charge in [0, 0.05) is 25.3 Å². The van der Waals surface area contributed by atoms with Crippen molar-refractivity contribution in [2.45, 2.75) is 32.1 Å². The van der Waals surface area contributed by atoms with Crippen LogP contribution in [0.15, 0.2) is 30.3 Å². The molecule has 1 aliphatic carbocycles. The predicted octanol–water partition coefficient (Wildman–Crippen LogP) is 3.61. The van der Waals surface area contributed by atoms with Gasteiger partial charge in [-0.25, -0.2) is 0 Å². The maximum atomic E-state index is 3.52. The highest BCUT2D eigenvalue weighted by Gasteiger charge is 2.30. The van der Waals surface area contributed by atoms with Crippen LogP contribution in [0, 0.1) is 11.8 Å². The molecule has 104 valence electrons. The molecule has 0 bridgehead atoms. The molecule has 0 aromatic heterocycles. The lowest BCUT2D eigenvalue weighted by molar-refractivity contribution is 0.0898. The van der Waals surface area contributed by atoms with Crippen LogP contribution in [-0.4, -0.2) is 31.1 Å². The van der Waals surface area contributed by atoms with Gasteiger partial charge in [-0.05, 0) is 43.4 Å². The summed E-state index contributed by atoms with van der Waals surface area (Å²) >= 11 is 0. The van der Waals surface area contributed by atoms with Crippen LogP contribution in [0.1, 0.15) is 32.1 Å². The van der Waals surface area contributed by atoms with Crippen LogP contribution in [0.25, 0.3) is 0 Å². The Kier molecular flexibility index (Phi) is 4.39. The molecule has 2 unspecified atom stereocenters. The molecule has 1 saturated carbocycles. The quantitative estimate of drug-likeness (QED) is 0.887. The number of anilines is 1. The van der Waals surface area contributed by atoms with Gasteiger partial charge in [0.25, 0.3) is 0 Å². The van der Waals surface area contributed by atoms with Gasteiger partial charge < -0.3 is 10.2 Å². The van der Waals surface area contributed by atoms with Gasteiger partial charge in [0.15, 0.2) is 0 Å². The number of nitrogens with zero attached hydrogens (tertiary/aromatic N) is 1. The molecule has 2 nitrogen and oxygen atoms in total. The Morgan fingerprint density at radius 1 is 1.00 bits per heavy atom. The summed E-state index contributed by atoms with van der Waals surface area (Å²) in [6.07, 6.45) is 7.37. The Morgan fingerprint density at radius 3 is 2.63 bits per heavy atom. The Labute approximate surface area is 117 Å². The fourth-order valence-electron chi connectivity index (χ4n) is 3.79. The third kappa shape index (κ3) is 3.50. The first-order valence-corrected chi connectivity index (χ1v) is 7.93. The summed E-state index contributed by atoms with van der Waals surface area (Å²) < 4.78 is 0. The molecule has 1 N–H and O–H groups in total. The number of hydrogen-bond donors (Lipinski definition) is 1. The van der Waals surface area contributed by atoms with Crippen LogP contribution in [0.4, 0.5) is 5.69 Å². The molecular formula is C17H26N2. The highest BCUT2D eigenvalue weighted by atomic mass is 15.1. The molecule has 2 fully saturated rings. The zero-order valence-electron chi connectivity index (χ0n) is 11.9. The first-order valence-electron chi connectivity index (χ1n) is 7.93. The monoisotopic (exact) mass is 258 g/mol. The molecule has 1 saturated heterocycles. The van der Waals surface area contributed by atoms with Crippen molar-refractivity contribution < 1.29 is 0 Å². The third-order valence-corrected chi connectivity index (χ3v) is 4.91. The summed E-state index contributed by atoms with van der Waals surface area (Å²) in [7, 11) is 0. The second-order valence-corrected chi connectivity index (χ2v) is 6.19. The van der Waals surface area contributed by atoms with Crippen LogP contribution in [0.3, 0.4) is 0 Å². The molecule has 0 radical (unpaired) electrons. The van der Waals surface area contributed by atoms with E-state index in [1.54, 1.807) is 0 Å². The van der Waals surface area contributed by atoms with Crippen LogP contribution in [-0.2, 0) is 0 Å². The molecule has 2 atom stereocenters. The third-order valence-electron chi connectivity index (χ3n) is 4.91. The van der Waals surface area contributed by atoms with Gasteiger partial charge in [0.2, 0.25) is 0 Å². The van der Waals surface area contributed by atoms with E-state index in [-0.39, 0.29) is 0 Å². The van der Waals surface area contributed by atoms with Gasteiger partial charge >= 0.3 is 0 Å². The molecule has 0 amide bonds. The average Bonchev–Trinajstić information content (AvgIpc) is 2.48. The number of likely N-dealkylation sites (tertiary alicyclic amines) is 1. The molecular weight excluding hydrogens is 232 g/mol. The topological polar surface area (TPSA) is 15.3 Å². The van der Waals surface area contributed by atoms with E-state index in [0.29, 0.717) is 0 Å². The lowest BCUT2D eigenvalue weighted by Crippen LogP contribution is -2.43. The molecule has 1 aromatic carbocycles. The molecule has 0 spiro atoms. The first kappa shape index (κ1) is 13.0. The van der Waals surface area contributed by atoms with E-state index in [0.717, 1.165) is 18.4 Å². The fraction of sp³-hybridized carbons (Fsp3) is 0.647. The molecule has 1 aromatic rings. The highest BCUT2D eigenvalue weighted by molar-refractivity contribution is 5.42. The minimum atomic E-state index is 0.999. The van der Waals surface area contributed by atoms with E-state index >= 15 is 0 Å². The summed E-state index contributed by atoms with van der Waals surface area (Å²) in [4.78, 5) is 2.67. The largest absolute Gasteiger partial charge is 0.384 e. The van der Waals surface area contributed by atoms with Gasteiger partial charge in [-0.2, -0.15) is 0 Å². The Morgan fingerprint density at radius 2 is 1.79 bits per heavy atom. The van der Waals surface area contributed by atoms with E-state index < -0.39 is 0 Å². The second kappa shape index (κ2) is 6.42. The summed E-state index contributed by atoms with van der Waals surface area (Å²) in [6.45, 7) is 4.93. The van der Waals surface area contributed by atoms with Gasteiger partial charge in [-0.1, -0.05) is 37.5 Å². The maximum absolute atomic E-state index is 3.52. The van der Waals surface area contributed by atoms with E-state index in [4.69, 9.17) is 0 Å². The minimum Gasteiger partial charge on any atom is -0.384 e. The fourth-order valence-corrected chi connectivity index (χ4v) is 3.79. The number of nitrogens with one attached hydrogen (secondary N) is 1. The highest BCUT2D eigenvalue weighted by Crippen LogP contribution is 2.35. The van der Waals surface area contributed by atoms with Crippen LogP contribution in [0.2, 0.25) is 0 Å². The molecule has 1 aliphatic heterocycles. The van der Waals surface area contributed by atoms with Gasteiger partial charge in [0.1, 0.15) is 0 Å². The summed E-state index contributed by atoms with van der Waals surface area (Å²) in [5, 5.41) is 3.52. The van der Waals surface area contributed by atoms with Crippen LogP contribution < -0.4 is 5.32 Å². The SMILES string of the molecule is c1ccc(NCCN2CCC3CCCCC3C2)cc1.